The number of amidine groups is 4. The number of halogens is 9. The first-order chi connectivity index (χ1) is 67.0. The van der Waals surface area contributed by atoms with E-state index in [9.17, 15) is 42.7 Å². The van der Waals surface area contributed by atoms with Crippen LogP contribution >= 0.6 is 92.8 Å². The smallest absolute Gasteiger partial charge is 0.259 e. The number of likely N-dealkylation sites (N-methyl/N-ethyl adjacent to an activating group) is 1. The van der Waals surface area contributed by atoms with Crippen LogP contribution in [-0.2, 0) is 0 Å². The molecule has 8 aromatic carbocycles. The molecule has 0 bridgehead atoms. The predicted molar refractivity (Wildman–Crippen MR) is 551 cm³/mol. The molecule has 0 spiro atoms. The van der Waals surface area contributed by atoms with Gasteiger partial charge in [-0.15, -0.1) is 0 Å². The molecule has 0 aliphatic carbocycles. The zero-order chi connectivity index (χ0) is 101. The molecule has 3 aliphatic heterocycles. The molecule has 11 N–H and O–H groups in total. The molecule has 12 aromatic rings. The van der Waals surface area contributed by atoms with Crippen LogP contribution in [0.1, 0.15) is 137 Å². The fourth-order valence-electron chi connectivity index (χ4n) is 14.4. The third-order valence-corrected chi connectivity index (χ3v) is 23.3. The number of nitrogens with one attached hydrogen (secondary N) is 11. The number of hydrogen-bond donors (Lipinski definition) is 11. The zero-order valence-corrected chi connectivity index (χ0v) is 82.4. The van der Waals surface area contributed by atoms with Crippen molar-refractivity contribution in [3.8, 4) is 17.2 Å². The molecular formula is C99H92Cl8FN21O11. The number of benzene rings is 8. The van der Waals surface area contributed by atoms with Crippen LogP contribution < -0.4 is 61.6 Å². The first kappa shape index (κ1) is 104. The number of ether oxygens (including phenoxy) is 3. The minimum absolute atomic E-state index is 0.0534. The summed E-state index contributed by atoms with van der Waals surface area (Å²) in [5.74, 6) is -1.35. The van der Waals surface area contributed by atoms with Crippen LogP contribution in [0.4, 0.5) is 56.1 Å². The SMILES string of the molecule is CN(C)C(=N)c1ccc(C(=O)Nc2c(C(=O)Nc3ccc(Cl)cn3)cc(Cl)cc2N(C)C)c(F)c1.COc1cc(Cl)cc(C(=O)Nc2ccc(Cl)cn2)c1NC(=O)c1ccc(C(=N)N2CCCC2)cc1.COc1cc(Cl)cc(C(=O)Nc2ccc(Cl)cn2)c1NC(=O)c1ccc(C(=N)N2CCCCC2)cc1.COc1cc(Cl)cc(C(=O)Nc2ccc(Cl)cn2)c1NC(=O)c1ccc(C2=NCCN2C)cc1. The van der Waals surface area contributed by atoms with Crippen LogP contribution in [0.3, 0.4) is 0 Å². The van der Waals surface area contributed by atoms with Crippen LogP contribution in [-0.4, -0.2) is 206 Å². The normalized spacial score (nSPS) is 12.3. The zero-order valence-electron chi connectivity index (χ0n) is 76.3. The quantitative estimate of drug-likeness (QED) is 0.0198. The summed E-state index contributed by atoms with van der Waals surface area (Å²) in [5.41, 5.74) is 5.11. The van der Waals surface area contributed by atoms with E-state index in [-0.39, 0.29) is 111 Å². The Morgan fingerprint density at radius 3 is 0.957 bits per heavy atom. The monoisotopic (exact) mass is 2050 g/mol. The number of piperidine rings is 1. The van der Waals surface area contributed by atoms with E-state index in [1.54, 1.807) is 142 Å². The predicted octanol–water partition coefficient (Wildman–Crippen LogP) is 20.6. The van der Waals surface area contributed by atoms with Gasteiger partial charge in [-0.1, -0.05) is 135 Å². The first-order valence-corrected chi connectivity index (χ1v) is 46.0. The lowest BCUT2D eigenvalue weighted by atomic mass is 10.1. The number of aromatic nitrogens is 4. The Morgan fingerprint density at radius 2 is 0.650 bits per heavy atom. The Bertz CT molecular complexity index is 6690. The molecule has 722 valence electrons. The third-order valence-electron chi connectivity index (χ3n) is 21.6. The van der Waals surface area contributed by atoms with Gasteiger partial charge in [0.05, 0.1) is 104 Å². The molecule has 15 rings (SSSR count). The van der Waals surface area contributed by atoms with Gasteiger partial charge in [0.2, 0.25) is 0 Å². The van der Waals surface area contributed by atoms with Gasteiger partial charge in [-0.2, -0.15) is 0 Å². The number of carbonyl (C=O) groups is 8. The van der Waals surface area contributed by atoms with E-state index in [0.717, 1.165) is 93.5 Å². The fourth-order valence-corrected chi connectivity index (χ4v) is 15.7. The summed E-state index contributed by atoms with van der Waals surface area (Å²) < 4.78 is 31.0. The van der Waals surface area contributed by atoms with Crippen molar-refractivity contribution in [2.45, 2.75) is 32.1 Å². The second-order valence-corrected chi connectivity index (χ2v) is 35.1. The average Bonchev–Trinajstić information content (AvgIpc) is 1.03. The second kappa shape index (κ2) is 48.6. The average molecular weight is 2050 g/mol. The Labute approximate surface area is 845 Å². The maximum Gasteiger partial charge on any atom is 0.259 e. The lowest BCUT2D eigenvalue weighted by molar-refractivity contribution is 0.100. The summed E-state index contributed by atoms with van der Waals surface area (Å²) in [6, 6.07) is 49.0. The lowest BCUT2D eigenvalue weighted by Crippen LogP contribution is -2.35. The molecule has 8 amide bonds. The minimum Gasteiger partial charge on any atom is -0.494 e. The van der Waals surface area contributed by atoms with Crippen molar-refractivity contribution in [2.24, 2.45) is 4.99 Å². The molecular weight excluding hydrogens is 1960 g/mol. The molecule has 3 aliphatic rings. The molecule has 0 unspecified atom stereocenters. The number of anilines is 9. The van der Waals surface area contributed by atoms with Crippen LogP contribution in [0.25, 0.3) is 0 Å². The van der Waals surface area contributed by atoms with Gasteiger partial charge in [-0.3, -0.25) is 59.6 Å². The van der Waals surface area contributed by atoms with Crippen LogP contribution in [0.15, 0.2) is 218 Å². The van der Waals surface area contributed by atoms with Crippen LogP contribution in [0.5, 0.6) is 17.2 Å². The largest absolute Gasteiger partial charge is 0.494 e. The van der Waals surface area contributed by atoms with Gasteiger partial charge in [0.25, 0.3) is 47.3 Å². The van der Waals surface area contributed by atoms with Gasteiger partial charge < -0.3 is 81.2 Å². The number of aliphatic imine (C=N–C) groups is 1. The summed E-state index contributed by atoms with van der Waals surface area (Å²) in [6.07, 6.45) is 11.1. The number of rotatable bonds is 24. The highest BCUT2D eigenvalue weighted by Gasteiger charge is 2.29. The van der Waals surface area contributed by atoms with E-state index in [1.807, 2.05) is 24.1 Å². The van der Waals surface area contributed by atoms with Crippen LogP contribution in [0.2, 0.25) is 40.2 Å². The molecule has 4 aromatic heterocycles. The summed E-state index contributed by atoms with van der Waals surface area (Å²) in [5, 5.41) is 49.2. The van der Waals surface area contributed by atoms with E-state index < -0.39 is 53.1 Å². The van der Waals surface area contributed by atoms with Crippen molar-refractivity contribution in [1.29, 1.82) is 16.2 Å². The van der Waals surface area contributed by atoms with E-state index >= 15 is 0 Å². The maximum absolute atomic E-state index is 14.8. The topological polar surface area (TPSA) is 412 Å². The highest BCUT2D eigenvalue weighted by molar-refractivity contribution is 6.35. The van der Waals surface area contributed by atoms with Gasteiger partial charge >= 0.3 is 0 Å². The Hall–Kier alpha value is -14.6. The van der Waals surface area contributed by atoms with E-state index in [0.29, 0.717) is 65.5 Å². The molecule has 7 heterocycles. The Morgan fingerprint density at radius 1 is 0.343 bits per heavy atom. The van der Waals surface area contributed by atoms with E-state index in [2.05, 4.69) is 77.3 Å². The molecule has 140 heavy (non-hydrogen) atoms. The highest BCUT2D eigenvalue weighted by atomic mass is 35.5. The van der Waals surface area contributed by atoms with Gasteiger partial charge in [0.15, 0.2) is 0 Å². The molecule has 2 saturated heterocycles. The van der Waals surface area contributed by atoms with E-state index in [4.69, 9.17) is 123 Å². The van der Waals surface area contributed by atoms with Crippen molar-refractivity contribution in [2.75, 3.05) is 143 Å². The van der Waals surface area contributed by atoms with E-state index in [1.165, 1.54) is 118 Å². The molecule has 2 fully saturated rings. The highest BCUT2D eigenvalue weighted by Crippen LogP contribution is 2.39. The number of hydrogen-bond acceptors (Lipinski definition) is 21. The fraction of sp³-hybridized carbons (Fsp3) is 0.192. The van der Waals surface area contributed by atoms with Crippen molar-refractivity contribution >= 4 is 215 Å². The van der Waals surface area contributed by atoms with Gasteiger partial charge in [0, 0.05) is 170 Å². The number of amides is 8. The number of nitrogens with zero attached hydrogens (tertiary/aromatic N) is 10. The van der Waals surface area contributed by atoms with Gasteiger partial charge in [-0.05, 0) is 159 Å². The standard InChI is InChI=1S/C26H25Cl2N5O3.C25H23Cl2N5O3.C24H23Cl2FN6O2.C24H21Cl2N5O3/c1-36-21-14-19(28)13-20(26(35)31-22-10-9-18(27)15-30-22)23(21)32-25(34)17-7-5-16(6-8-17)24(29)33-11-3-2-4-12-33;1-35-20-13-18(27)12-19(25(34)30-21-9-8-17(26)14-29-21)22(20)31-24(33)16-6-4-15(5-7-16)23(28)32-10-2-3-11-32;1-32(2)19-11-15(26)10-17(24(35)30-20-8-6-14(25)12-29-20)21(19)31-23(34)16-7-5-13(9-18(16)27)22(28)33(3)4;1-31-10-9-27-22(31)14-3-5-15(6-4-14)23(32)30-21-18(11-17(26)12-19(21)34-2)24(33)29-20-8-7-16(25)13-28-20/h5-10,13-15,29H,2-4,11-12H2,1H3,(H,32,34)(H,30,31,35);4-9,12-14,28H,2-3,10-11H2,1H3,(H,31,33)(H,29,30,34);5-12,28H,1-4H3,(H,31,34)(H,29,30,35);3-8,11-13H,9-10H2,1-2H3,(H,30,32)(H,28,29,33). The summed E-state index contributed by atoms with van der Waals surface area (Å²) in [7, 11) is 13.0. The Balaban J connectivity index is 0.000000167. The van der Waals surface area contributed by atoms with Crippen molar-refractivity contribution in [3.63, 3.8) is 0 Å². The summed E-state index contributed by atoms with van der Waals surface area (Å²) in [4.78, 5) is 134. The van der Waals surface area contributed by atoms with Crippen molar-refractivity contribution in [1.82, 2.24) is 39.5 Å². The summed E-state index contributed by atoms with van der Waals surface area (Å²) >= 11 is 48.3. The number of likely N-dealkylation sites (tertiary alicyclic amines) is 2. The first-order valence-electron chi connectivity index (χ1n) is 42.9. The molecule has 0 atom stereocenters. The minimum atomic E-state index is -0.802. The lowest BCUT2D eigenvalue weighted by Gasteiger charge is -2.29. The van der Waals surface area contributed by atoms with Crippen LogP contribution in [0, 0.1) is 22.0 Å². The second-order valence-electron chi connectivity index (χ2n) is 31.6. The molecule has 41 heteroatoms. The number of methoxy groups -OCH3 is 3. The third kappa shape index (κ3) is 27.5. The summed E-state index contributed by atoms with van der Waals surface area (Å²) in [6.45, 7) is 5.09. The van der Waals surface area contributed by atoms with Gasteiger partial charge in [0.1, 0.15) is 69.7 Å². The van der Waals surface area contributed by atoms with Crippen molar-refractivity contribution < 1.29 is 57.0 Å². The molecule has 0 saturated carbocycles. The number of pyridine rings is 4. The van der Waals surface area contributed by atoms with Gasteiger partial charge in [-0.25, -0.2) is 24.3 Å². The maximum atomic E-state index is 14.8. The van der Waals surface area contributed by atoms with Crippen molar-refractivity contribution in [3.05, 3.63) is 326 Å². The number of carbonyl (C=O) groups excluding carboxylic acids is 8. The molecule has 32 nitrogen and oxygen atoms in total. The molecule has 0 radical (unpaired) electrons. The Kier molecular flexibility index (Phi) is 36.3.